The molecule has 0 aliphatic heterocycles. The average molecular weight is 574 g/mol. The van der Waals surface area contributed by atoms with E-state index in [1.807, 2.05) is 61.7 Å². The van der Waals surface area contributed by atoms with Gasteiger partial charge in [-0.15, -0.1) is 16.5 Å². The molecule has 0 saturated heterocycles. The molecule has 0 radical (unpaired) electrons. The first-order valence-corrected chi connectivity index (χ1v) is 14.5. The standard InChI is InChI=1S/C29H43N5O5S/c1-19(2)26(30-21(5)35)28(37)32-24(17-23-11-8-7-9-12-23)14-15-33(18-25-13-10-16-40-25)34(39)29(38)27(20(3)4)31-22(6)36/h7-13,16,19-20,24,26-27,39H,14-15,17-18H2,1-6H3,(H,30,35)(H,31,36)(H,32,37)/t24-,26+,27+/m1/s1. The molecule has 220 valence electrons. The van der Waals surface area contributed by atoms with Gasteiger partial charge < -0.3 is 16.0 Å². The molecule has 40 heavy (non-hydrogen) atoms. The lowest BCUT2D eigenvalue weighted by atomic mass is 10.00. The number of carbonyl (C=O) groups excluding carboxylic acids is 4. The molecule has 0 saturated carbocycles. The molecule has 1 heterocycles. The van der Waals surface area contributed by atoms with Crippen LogP contribution in [-0.4, -0.2) is 63.7 Å². The van der Waals surface area contributed by atoms with E-state index in [-0.39, 0.29) is 48.7 Å². The summed E-state index contributed by atoms with van der Waals surface area (Å²) >= 11 is 1.50. The van der Waals surface area contributed by atoms with Crippen LogP contribution >= 0.6 is 11.3 Å². The van der Waals surface area contributed by atoms with Crippen molar-refractivity contribution in [2.75, 3.05) is 6.54 Å². The lowest BCUT2D eigenvalue weighted by Crippen LogP contribution is -2.56. The molecule has 0 bridgehead atoms. The SMILES string of the molecule is CC(=O)N[C@H](C(=O)N[C@H](CCN(Cc1cccs1)N(O)C(=O)[C@@H](NC(C)=O)C(C)C)Cc1ccccc1)C(C)C. The Kier molecular flexibility index (Phi) is 13.3. The van der Waals surface area contributed by atoms with Crippen LogP contribution in [0.25, 0.3) is 0 Å². The molecule has 0 aliphatic carbocycles. The summed E-state index contributed by atoms with van der Waals surface area (Å²) in [7, 11) is 0. The highest BCUT2D eigenvalue weighted by atomic mass is 32.1. The van der Waals surface area contributed by atoms with Crippen molar-refractivity contribution in [2.45, 2.75) is 79.1 Å². The Morgan fingerprint density at radius 1 is 0.850 bits per heavy atom. The van der Waals surface area contributed by atoms with E-state index >= 15 is 0 Å². The van der Waals surface area contributed by atoms with E-state index in [0.29, 0.717) is 18.0 Å². The Morgan fingerprint density at radius 2 is 1.45 bits per heavy atom. The van der Waals surface area contributed by atoms with Gasteiger partial charge >= 0.3 is 0 Å². The van der Waals surface area contributed by atoms with E-state index in [4.69, 9.17) is 0 Å². The van der Waals surface area contributed by atoms with Crippen LogP contribution in [0.1, 0.15) is 58.4 Å². The van der Waals surface area contributed by atoms with Crippen LogP contribution < -0.4 is 16.0 Å². The summed E-state index contributed by atoms with van der Waals surface area (Å²) in [5, 5.41) is 23.5. The maximum atomic E-state index is 13.3. The first-order chi connectivity index (χ1) is 18.9. The second-order valence-corrected chi connectivity index (χ2v) is 11.7. The molecule has 3 atom stereocenters. The van der Waals surface area contributed by atoms with Gasteiger partial charge in [-0.1, -0.05) is 64.1 Å². The summed E-state index contributed by atoms with van der Waals surface area (Å²) in [5.74, 6) is -1.96. The highest BCUT2D eigenvalue weighted by Gasteiger charge is 2.32. The number of nitrogens with zero attached hydrogens (tertiary/aromatic N) is 2. The van der Waals surface area contributed by atoms with Crippen molar-refractivity contribution in [3.63, 3.8) is 0 Å². The van der Waals surface area contributed by atoms with Gasteiger partial charge in [0.15, 0.2) is 0 Å². The summed E-state index contributed by atoms with van der Waals surface area (Å²) in [6.45, 7) is 10.5. The normalized spacial score (nSPS) is 13.6. The maximum Gasteiger partial charge on any atom is 0.284 e. The van der Waals surface area contributed by atoms with Crippen LogP contribution in [0.2, 0.25) is 0 Å². The van der Waals surface area contributed by atoms with Gasteiger partial charge in [0, 0.05) is 31.3 Å². The molecule has 10 nitrogen and oxygen atoms in total. The summed E-state index contributed by atoms with van der Waals surface area (Å²) in [6.07, 6.45) is 0.915. The van der Waals surface area contributed by atoms with E-state index < -0.39 is 18.0 Å². The number of hydrogen-bond acceptors (Lipinski definition) is 7. The zero-order valence-corrected chi connectivity index (χ0v) is 25.0. The zero-order chi connectivity index (χ0) is 29.8. The number of hydroxylamine groups is 1. The molecule has 0 unspecified atom stereocenters. The summed E-state index contributed by atoms with van der Waals surface area (Å²) in [6, 6.07) is 11.6. The Labute approximate surface area is 241 Å². The number of amides is 4. The van der Waals surface area contributed by atoms with E-state index in [1.54, 1.807) is 13.8 Å². The van der Waals surface area contributed by atoms with Crippen molar-refractivity contribution < 1.29 is 24.4 Å². The van der Waals surface area contributed by atoms with E-state index in [0.717, 1.165) is 10.4 Å². The number of carbonyl (C=O) groups is 4. The Balaban J connectivity index is 2.29. The number of benzene rings is 1. The van der Waals surface area contributed by atoms with Crippen LogP contribution in [0.4, 0.5) is 0 Å². The topological polar surface area (TPSA) is 131 Å². The van der Waals surface area contributed by atoms with Gasteiger partial charge in [-0.3, -0.25) is 24.4 Å². The molecule has 0 spiro atoms. The molecule has 0 fully saturated rings. The fourth-order valence-corrected chi connectivity index (χ4v) is 5.01. The average Bonchev–Trinajstić information content (AvgIpc) is 3.40. The van der Waals surface area contributed by atoms with Gasteiger partial charge in [0.2, 0.25) is 17.7 Å². The van der Waals surface area contributed by atoms with Crippen LogP contribution in [0.5, 0.6) is 0 Å². The summed E-state index contributed by atoms with van der Waals surface area (Å²) in [5.41, 5.74) is 1.01. The molecule has 2 aromatic rings. The zero-order valence-electron chi connectivity index (χ0n) is 24.2. The largest absolute Gasteiger partial charge is 0.351 e. The smallest absolute Gasteiger partial charge is 0.284 e. The summed E-state index contributed by atoms with van der Waals surface area (Å²) < 4.78 is 0. The van der Waals surface area contributed by atoms with Crippen molar-refractivity contribution in [3.05, 3.63) is 58.3 Å². The second kappa shape index (κ2) is 16.1. The lowest BCUT2D eigenvalue weighted by molar-refractivity contribution is -0.244. The van der Waals surface area contributed by atoms with Gasteiger partial charge in [-0.25, -0.2) is 0 Å². The van der Waals surface area contributed by atoms with E-state index in [1.165, 1.54) is 30.2 Å². The van der Waals surface area contributed by atoms with Crippen LogP contribution in [0.3, 0.4) is 0 Å². The molecule has 1 aromatic carbocycles. The molecule has 4 amide bonds. The quantitative estimate of drug-likeness (QED) is 0.191. The number of hydrazine groups is 1. The minimum Gasteiger partial charge on any atom is -0.351 e. The molecule has 2 rings (SSSR count). The molecular weight excluding hydrogens is 530 g/mol. The van der Waals surface area contributed by atoms with Crippen molar-refractivity contribution in [1.29, 1.82) is 0 Å². The van der Waals surface area contributed by atoms with Gasteiger partial charge in [-0.2, -0.15) is 5.01 Å². The molecule has 11 heteroatoms. The Morgan fingerprint density at radius 3 is 1.98 bits per heavy atom. The van der Waals surface area contributed by atoms with Crippen LogP contribution in [0, 0.1) is 11.8 Å². The fourth-order valence-electron chi connectivity index (χ4n) is 4.29. The van der Waals surface area contributed by atoms with Gasteiger partial charge in [0.05, 0.1) is 6.54 Å². The van der Waals surface area contributed by atoms with E-state index in [2.05, 4.69) is 16.0 Å². The third-order valence-electron chi connectivity index (χ3n) is 6.39. The van der Waals surface area contributed by atoms with Crippen molar-refractivity contribution in [3.8, 4) is 0 Å². The number of nitrogens with one attached hydrogen (secondary N) is 3. The highest BCUT2D eigenvalue weighted by molar-refractivity contribution is 7.09. The predicted molar refractivity (Wildman–Crippen MR) is 155 cm³/mol. The lowest BCUT2D eigenvalue weighted by Gasteiger charge is -2.34. The molecule has 4 N–H and O–H groups in total. The second-order valence-electron chi connectivity index (χ2n) is 10.6. The minimum absolute atomic E-state index is 0.121. The van der Waals surface area contributed by atoms with Crippen molar-refractivity contribution in [2.24, 2.45) is 11.8 Å². The van der Waals surface area contributed by atoms with Gasteiger partial charge in [-0.05, 0) is 41.7 Å². The van der Waals surface area contributed by atoms with Crippen LogP contribution in [-0.2, 0) is 32.1 Å². The number of rotatable bonds is 15. The monoisotopic (exact) mass is 573 g/mol. The maximum absolute atomic E-state index is 13.3. The fraction of sp³-hybridized carbons (Fsp3) is 0.517. The number of hydrogen-bond donors (Lipinski definition) is 4. The van der Waals surface area contributed by atoms with Crippen molar-refractivity contribution in [1.82, 2.24) is 26.1 Å². The predicted octanol–water partition coefficient (Wildman–Crippen LogP) is 3.12. The molecular formula is C29H43N5O5S. The third kappa shape index (κ3) is 10.7. The van der Waals surface area contributed by atoms with Crippen LogP contribution in [0.15, 0.2) is 47.8 Å². The summed E-state index contributed by atoms with van der Waals surface area (Å²) in [4.78, 5) is 50.9. The first-order valence-electron chi connectivity index (χ1n) is 13.6. The molecule has 1 aromatic heterocycles. The third-order valence-corrected chi connectivity index (χ3v) is 7.25. The van der Waals surface area contributed by atoms with Crippen molar-refractivity contribution >= 4 is 35.0 Å². The molecule has 0 aliphatic rings. The first kappa shape index (κ1) is 32.9. The van der Waals surface area contributed by atoms with E-state index in [9.17, 15) is 24.4 Å². The Bertz CT molecular complexity index is 1090. The van der Waals surface area contributed by atoms with Gasteiger partial charge in [0.25, 0.3) is 5.91 Å². The Hall–Kier alpha value is -3.28. The van der Waals surface area contributed by atoms with Gasteiger partial charge in [0.1, 0.15) is 12.1 Å². The minimum atomic E-state index is -0.905. The number of thiophene rings is 1. The highest BCUT2D eigenvalue weighted by Crippen LogP contribution is 2.17.